The minimum absolute atomic E-state index is 0.624. The number of benzene rings is 2. The first-order chi connectivity index (χ1) is 11.5. The van der Waals surface area contributed by atoms with Gasteiger partial charge >= 0.3 is 0 Å². The molecule has 128 valence electrons. The molecular formula is C20H24Cl2N2. The van der Waals surface area contributed by atoms with Gasteiger partial charge < -0.3 is 10.2 Å². The van der Waals surface area contributed by atoms with E-state index in [0.717, 1.165) is 40.9 Å². The lowest BCUT2D eigenvalue weighted by molar-refractivity contribution is 0.460. The highest BCUT2D eigenvalue weighted by molar-refractivity contribution is 6.33. The number of anilines is 1. The Hall–Kier alpha value is -1.22. The van der Waals surface area contributed by atoms with Crippen molar-refractivity contribution in [1.82, 2.24) is 5.32 Å². The Kier molecular flexibility index (Phi) is 5.70. The molecule has 0 radical (unpaired) electrons. The molecule has 1 fully saturated rings. The Bertz CT molecular complexity index is 709. The number of aryl methyl sites for hydroxylation is 1. The first-order valence-electron chi connectivity index (χ1n) is 8.51. The van der Waals surface area contributed by atoms with Crippen LogP contribution in [0.2, 0.25) is 10.0 Å². The monoisotopic (exact) mass is 362 g/mol. The molecule has 0 spiro atoms. The van der Waals surface area contributed by atoms with Crippen LogP contribution in [0.15, 0.2) is 36.4 Å². The molecule has 0 atom stereocenters. The van der Waals surface area contributed by atoms with Gasteiger partial charge in [0.15, 0.2) is 0 Å². The Morgan fingerprint density at radius 3 is 2.50 bits per heavy atom. The fourth-order valence-electron chi connectivity index (χ4n) is 3.35. The van der Waals surface area contributed by atoms with Crippen LogP contribution in [0, 0.1) is 6.92 Å². The number of halogens is 2. The Morgan fingerprint density at radius 2 is 1.79 bits per heavy atom. The van der Waals surface area contributed by atoms with Crippen LogP contribution in [-0.4, -0.2) is 20.1 Å². The second-order valence-corrected chi connectivity index (χ2v) is 7.50. The van der Waals surface area contributed by atoms with E-state index in [-0.39, 0.29) is 0 Å². The average Bonchev–Trinajstić information content (AvgIpc) is 2.58. The van der Waals surface area contributed by atoms with Crippen LogP contribution in [0.5, 0.6) is 0 Å². The van der Waals surface area contributed by atoms with E-state index in [0.29, 0.717) is 5.92 Å². The van der Waals surface area contributed by atoms with E-state index < -0.39 is 0 Å². The lowest BCUT2D eigenvalue weighted by atomic mass is 9.90. The highest BCUT2D eigenvalue weighted by atomic mass is 35.5. The van der Waals surface area contributed by atoms with Crippen molar-refractivity contribution in [3.05, 3.63) is 63.1 Å². The van der Waals surface area contributed by atoms with Gasteiger partial charge in [0.25, 0.3) is 0 Å². The number of hydrogen-bond acceptors (Lipinski definition) is 2. The summed E-state index contributed by atoms with van der Waals surface area (Å²) < 4.78 is 0. The number of nitrogens with zero attached hydrogens (tertiary/aromatic N) is 1. The number of rotatable bonds is 4. The van der Waals surface area contributed by atoms with E-state index in [4.69, 9.17) is 23.2 Å². The Morgan fingerprint density at radius 1 is 1.04 bits per heavy atom. The highest BCUT2D eigenvalue weighted by Gasteiger charge is 2.17. The minimum atomic E-state index is 0.624. The topological polar surface area (TPSA) is 15.3 Å². The van der Waals surface area contributed by atoms with E-state index in [9.17, 15) is 0 Å². The zero-order chi connectivity index (χ0) is 17.1. The first kappa shape index (κ1) is 17.6. The van der Waals surface area contributed by atoms with Gasteiger partial charge in [-0.05, 0) is 73.7 Å². The molecule has 0 aromatic heterocycles. The summed E-state index contributed by atoms with van der Waals surface area (Å²) in [6.07, 6.45) is 2.38. The second kappa shape index (κ2) is 7.77. The fourth-order valence-corrected chi connectivity index (χ4v) is 3.91. The molecule has 3 rings (SSSR count). The first-order valence-corrected chi connectivity index (χ1v) is 9.26. The van der Waals surface area contributed by atoms with E-state index in [2.05, 4.69) is 48.5 Å². The van der Waals surface area contributed by atoms with Crippen molar-refractivity contribution >= 4 is 28.9 Å². The van der Waals surface area contributed by atoms with E-state index in [1.165, 1.54) is 24.0 Å². The quantitative estimate of drug-likeness (QED) is 0.782. The summed E-state index contributed by atoms with van der Waals surface area (Å²) in [4.78, 5) is 2.18. The van der Waals surface area contributed by atoms with Gasteiger partial charge in [-0.1, -0.05) is 41.4 Å². The molecule has 1 heterocycles. The van der Waals surface area contributed by atoms with Crippen LogP contribution in [0.25, 0.3) is 0 Å². The Labute approximate surface area is 154 Å². The summed E-state index contributed by atoms with van der Waals surface area (Å²) in [5.74, 6) is 0.624. The smallest absolute Gasteiger partial charge is 0.0639 e. The maximum absolute atomic E-state index is 6.47. The summed E-state index contributed by atoms with van der Waals surface area (Å²) in [6.45, 7) is 4.99. The SMILES string of the molecule is Cc1ccc(CN(C)c2cc(C3CCNCC3)ccc2Cl)c(Cl)c1. The van der Waals surface area contributed by atoms with Gasteiger partial charge in [-0.25, -0.2) is 0 Å². The third-order valence-corrected chi connectivity index (χ3v) is 5.48. The molecule has 0 bridgehead atoms. The van der Waals surface area contributed by atoms with Crippen molar-refractivity contribution in [3.8, 4) is 0 Å². The Balaban J connectivity index is 1.81. The molecule has 1 saturated heterocycles. The molecular weight excluding hydrogens is 339 g/mol. The second-order valence-electron chi connectivity index (χ2n) is 6.69. The summed E-state index contributed by atoms with van der Waals surface area (Å²) >= 11 is 12.9. The normalized spacial score (nSPS) is 15.5. The molecule has 0 saturated carbocycles. The van der Waals surface area contributed by atoms with Crippen LogP contribution in [-0.2, 0) is 6.54 Å². The van der Waals surface area contributed by atoms with Crippen molar-refractivity contribution in [2.45, 2.75) is 32.2 Å². The van der Waals surface area contributed by atoms with E-state index in [1.807, 2.05) is 12.1 Å². The zero-order valence-electron chi connectivity index (χ0n) is 14.3. The van der Waals surface area contributed by atoms with Crippen molar-refractivity contribution < 1.29 is 0 Å². The lowest BCUT2D eigenvalue weighted by Gasteiger charge is -2.26. The molecule has 4 heteroatoms. The lowest BCUT2D eigenvalue weighted by Crippen LogP contribution is -2.26. The number of nitrogens with one attached hydrogen (secondary N) is 1. The van der Waals surface area contributed by atoms with Gasteiger partial charge in [0.05, 0.1) is 10.7 Å². The molecule has 1 N–H and O–H groups in total. The van der Waals surface area contributed by atoms with Crippen LogP contribution in [0.4, 0.5) is 5.69 Å². The van der Waals surface area contributed by atoms with Gasteiger partial charge in [0, 0.05) is 18.6 Å². The fraction of sp³-hybridized carbons (Fsp3) is 0.400. The third kappa shape index (κ3) is 4.05. The van der Waals surface area contributed by atoms with Gasteiger partial charge in [0.2, 0.25) is 0 Å². The van der Waals surface area contributed by atoms with Gasteiger partial charge in [0.1, 0.15) is 0 Å². The molecule has 0 aliphatic carbocycles. The summed E-state index contributed by atoms with van der Waals surface area (Å²) in [6, 6.07) is 12.7. The summed E-state index contributed by atoms with van der Waals surface area (Å²) in [5.41, 5.74) is 4.76. The van der Waals surface area contributed by atoms with E-state index >= 15 is 0 Å². The summed E-state index contributed by atoms with van der Waals surface area (Å²) in [7, 11) is 2.07. The van der Waals surface area contributed by atoms with Crippen molar-refractivity contribution in [2.75, 3.05) is 25.0 Å². The number of piperidine rings is 1. The van der Waals surface area contributed by atoms with Crippen LogP contribution in [0.1, 0.15) is 35.4 Å². The van der Waals surface area contributed by atoms with Gasteiger partial charge in [-0.15, -0.1) is 0 Å². The predicted octanol–water partition coefficient (Wildman–Crippen LogP) is 5.41. The zero-order valence-corrected chi connectivity index (χ0v) is 15.8. The highest BCUT2D eigenvalue weighted by Crippen LogP contribution is 2.33. The van der Waals surface area contributed by atoms with Gasteiger partial charge in [-0.3, -0.25) is 0 Å². The van der Waals surface area contributed by atoms with Crippen LogP contribution < -0.4 is 10.2 Å². The van der Waals surface area contributed by atoms with Crippen LogP contribution in [0.3, 0.4) is 0 Å². The average molecular weight is 363 g/mol. The molecule has 24 heavy (non-hydrogen) atoms. The van der Waals surface area contributed by atoms with Crippen molar-refractivity contribution in [1.29, 1.82) is 0 Å². The summed E-state index contributed by atoms with van der Waals surface area (Å²) in [5, 5.41) is 5.03. The molecule has 2 aromatic rings. The molecule has 2 aromatic carbocycles. The van der Waals surface area contributed by atoms with Crippen LogP contribution >= 0.6 is 23.2 Å². The van der Waals surface area contributed by atoms with Crippen molar-refractivity contribution in [3.63, 3.8) is 0 Å². The molecule has 0 amide bonds. The maximum atomic E-state index is 6.47. The maximum Gasteiger partial charge on any atom is 0.0639 e. The predicted molar refractivity (Wildman–Crippen MR) is 105 cm³/mol. The molecule has 2 nitrogen and oxygen atoms in total. The minimum Gasteiger partial charge on any atom is -0.369 e. The molecule has 1 aliphatic rings. The molecule has 0 unspecified atom stereocenters. The van der Waals surface area contributed by atoms with E-state index in [1.54, 1.807) is 0 Å². The largest absolute Gasteiger partial charge is 0.369 e. The van der Waals surface area contributed by atoms with Crippen molar-refractivity contribution in [2.24, 2.45) is 0 Å². The number of hydrogen-bond donors (Lipinski definition) is 1. The third-order valence-electron chi connectivity index (χ3n) is 4.81. The standard InChI is InChI=1S/C20H24Cl2N2/c1-14-3-4-17(19(22)11-14)13-24(2)20-12-16(5-6-18(20)21)15-7-9-23-10-8-15/h3-6,11-12,15,23H,7-10,13H2,1-2H3. The van der Waals surface area contributed by atoms with Gasteiger partial charge in [-0.2, -0.15) is 0 Å². The molecule has 1 aliphatic heterocycles.